The number of aliphatic hydroxyl groups is 2. The first-order valence-electron chi connectivity index (χ1n) is 29.2. The van der Waals surface area contributed by atoms with E-state index in [4.69, 9.17) is 23.7 Å². The molecule has 0 aliphatic carbocycles. The third-order valence-electron chi connectivity index (χ3n) is 12.2. The van der Waals surface area contributed by atoms with Gasteiger partial charge in [0, 0.05) is 19.3 Å². The van der Waals surface area contributed by atoms with Crippen molar-refractivity contribution in [2.75, 3.05) is 13.2 Å². The van der Waals surface area contributed by atoms with E-state index < -0.39 is 67.3 Å². The average molecular weight is 1070 g/mol. The predicted molar refractivity (Wildman–Crippen MR) is 312 cm³/mol. The van der Waals surface area contributed by atoms with Crippen LogP contribution in [0.25, 0.3) is 0 Å². The van der Waals surface area contributed by atoms with Gasteiger partial charge in [-0.1, -0.05) is 193 Å². The van der Waals surface area contributed by atoms with Crippen molar-refractivity contribution in [1.82, 2.24) is 0 Å². The first kappa shape index (κ1) is 69.9. The standard InChI is InChI=1S/C65H100O12/c1-4-7-10-13-16-19-22-25-27-28-29-30-32-34-36-39-42-45-48-51-57(66)73-54-56(75-58(67)52-49-46-43-40-37-33-24-21-18-15-12-9-6-3)55-74-65-63(61(70)60(69)62(77-65)64(71)72)76-59(68)53-50-47-44-41-38-35-31-26-23-20-17-14-11-8-5-2/h7,9-10,12,16-21,25-27,29-31,33-34,36-37,42,45,56,60-63,65,69-70H,4-6,8,11,13-15,22-24,28,32,35,38-41,43-44,46-55H2,1-3H3,(H,71,72)/b10-7-,12-9-,19-16-,20-17-,21-18-,27-25-,30-29-,31-26-,36-34-,37-33-,45-42-. The Balaban J connectivity index is 2.77. The summed E-state index contributed by atoms with van der Waals surface area (Å²) in [6, 6.07) is 0. The van der Waals surface area contributed by atoms with Gasteiger partial charge in [-0.2, -0.15) is 0 Å². The molecule has 1 fully saturated rings. The molecule has 1 aliphatic heterocycles. The van der Waals surface area contributed by atoms with E-state index in [1.54, 1.807) is 0 Å². The van der Waals surface area contributed by atoms with Crippen LogP contribution >= 0.6 is 0 Å². The second kappa shape index (κ2) is 51.6. The SMILES string of the molecule is CC/C=C\C/C=C\C/C=C\C/C=C\C/C=C\C/C=C\CCC(=O)OCC(COC1OC(C(=O)O)C(O)C(O)C1OC(=O)CCCCCCC/C=C\C/C=C\CCCCC)OC(=O)CCCCC/C=C\C/C=C\C/C=C\CC. The van der Waals surface area contributed by atoms with Gasteiger partial charge in [-0.3, -0.25) is 14.4 Å². The summed E-state index contributed by atoms with van der Waals surface area (Å²) in [4.78, 5) is 51.1. The van der Waals surface area contributed by atoms with Gasteiger partial charge >= 0.3 is 23.9 Å². The zero-order valence-corrected chi connectivity index (χ0v) is 47.4. The second-order valence-electron chi connectivity index (χ2n) is 19.2. The molecule has 1 rings (SSSR count). The summed E-state index contributed by atoms with van der Waals surface area (Å²) in [7, 11) is 0. The van der Waals surface area contributed by atoms with Gasteiger partial charge in [-0.15, -0.1) is 0 Å². The van der Waals surface area contributed by atoms with Crippen LogP contribution in [0.1, 0.15) is 201 Å². The molecule has 0 aromatic heterocycles. The lowest BCUT2D eigenvalue weighted by molar-refractivity contribution is -0.301. The number of unbranched alkanes of at least 4 members (excludes halogenated alkanes) is 11. The number of aliphatic carboxylic acids is 1. The molecule has 1 heterocycles. The quantitative estimate of drug-likeness (QED) is 0.0228. The highest BCUT2D eigenvalue weighted by Crippen LogP contribution is 2.26. The van der Waals surface area contributed by atoms with Crippen LogP contribution in [-0.2, 0) is 42.9 Å². The number of allylic oxidation sites excluding steroid dienone is 22. The number of aliphatic hydroxyl groups excluding tert-OH is 2. The van der Waals surface area contributed by atoms with Crippen LogP contribution in [0.3, 0.4) is 0 Å². The lowest BCUT2D eigenvalue weighted by Gasteiger charge is -2.40. The first-order chi connectivity index (χ1) is 37.6. The van der Waals surface area contributed by atoms with E-state index >= 15 is 0 Å². The molecule has 1 aliphatic rings. The van der Waals surface area contributed by atoms with Crippen molar-refractivity contribution in [1.29, 1.82) is 0 Å². The average Bonchev–Trinajstić information content (AvgIpc) is 3.42. The van der Waals surface area contributed by atoms with Crippen LogP contribution in [-0.4, -0.2) is 89.2 Å². The van der Waals surface area contributed by atoms with Crippen molar-refractivity contribution in [3.63, 3.8) is 0 Å². The zero-order chi connectivity index (χ0) is 56.1. The van der Waals surface area contributed by atoms with Gasteiger partial charge in [0.25, 0.3) is 0 Å². The number of carboxylic acid groups (broad SMARTS) is 1. The predicted octanol–water partition coefficient (Wildman–Crippen LogP) is 15.0. The number of ether oxygens (including phenoxy) is 5. The lowest BCUT2D eigenvalue weighted by atomic mass is 9.98. The first-order valence-corrected chi connectivity index (χ1v) is 29.2. The molecule has 1 saturated heterocycles. The van der Waals surface area contributed by atoms with E-state index in [0.717, 1.165) is 116 Å². The largest absolute Gasteiger partial charge is 0.479 e. The topological polar surface area (TPSA) is 175 Å². The summed E-state index contributed by atoms with van der Waals surface area (Å²) in [5.41, 5.74) is 0. The van der Waals surface area contributed by atoms with Crippen LogP contribution in [0, 0.1) is 0 Å². The maximum atomic E-state index is 13.1. The summed E-state index contributed by atoms with van der Waals surface area (Å²) in [6.07, 6.45) is 60.1. The van der Waals surface area contributed by atoms with E-state index in [1.807, 2.05) is 12.2 Å². The van der Waals surface area contributed by atoms with Crippen LogP contribution in [0.2, 0.25) is 0 Å². The normalized spacial score (nSPS) is 19.0. The molecule has 0 bridgehead atoms. The fourth-order valence-electron chi connectivity index (χ4n) is 7.79. The molecular formula is C65H100O12. The maximum Gasteiger partial charge on any atom is 0.335 e. The van der Waals surface area contributed by atoms with Gasteiger partial charge in [0.2, 0.25) is 0 Å². The highest BCUT2D eigenvalue weighted by atomic mass is 16.7. The zero-order valence-electron chi connectivity index (χ0n) is 47.4. The molecule has 6 unspecified atom stereocenters. The van der Waals surface area contributed by atoms with E-state index in [-0.39, 0.29) is 25.9 Å². The lowest BCUT2D eigenvalue weighted by Crippen LogP contribution is -2.61. The summed E-state index contributed by atoms with van der Waals surface area (Å²) in [5, 5.41) is 31.5. The Hall–Kier alpha value is -5.14. The summed E-state index contributed by atoms with van der Waals surface area (Å²) < 4.78 is 28.3. The fourth-order valence-corrected chi connectivity index (χ4v) is 7.79. The molecule has 0 saturated carbocycles. The van der Waals surface area contributed by atoms with E-state index in [1.165, 1.54) is 19.3 Å². The van der Waals surface area contributed by atoms with Crippen LogP contribution in [0.5, 0.6) is 0 Å². The van der Waals surface area contributed by atoms with Crippen LogP contribution in [0.15, 0.2) is 134 Å². The number of hydrogen-bond donors (Lipinski definition) is 3. The van der Waals surface area contributed by atoms with Gasteiger partial charge in [0.15, 0.2) is 24.6 Å². The van der Waals surface area contributed by atoms with Crippen molar-refractivity contribution >= 4 is 23.9 Å². The van der Waals surface area contributed by atoms with Crippen LogP contribution < -0.4 is 0 Å². The van der Waals surface area contributed by atoms with Gasteiger partial charge in [0.05, 0.1) is 6.61 Å². The van der Waals surface area contributed by atoms with E-state index in [9.17, 15) is 34.5 Å². The Kier molecular flexibility index (Phi) is 46.8. The second-order valence-corrected chi connectivity index (χ2v) is 19.2. The molecule has 77 heavy (non-hydrogen) atoms. The van der Waals surface area contributed by atoms with Crippen molar-refractivity contribution < 1.29 is 58.2 Å². The third-order valence-corrected chi connectivity index (χ3v) is 12.2. The van der Waals surface area contributed by atoms with Crippen molar-refractivity contribution in [2.45, 2.75) is 237 Å². The monoisotopic (exact) mass is 1070 g/mol. The van der Waals surface area contributed by atoms with Crippen LogP contribution in [0.4, 0.5) is 0 Å². The number of carbonyl (C=O) groups is 4. The van der Waals surface area contributed by atoms with Gasteiger partial charge in [0.1, 0.15) is 18.8 Å². The van der Waals surface area contributed by atoms with E-state index in [0.29, 0.717) is 25.7 Å². The molecule has 6 atom stereocenters. The number of hydrogen-bond acceptors (Lipinski definition) is 11. The summed E-state index contributed by atoms with van der Waals surface area (Å²) >= 11 is 0. The Morgan fingerprint density at radius 3 is 1.31 bits per heavy atom. The van der Waals surface area contributed by atoms with Crippen molar-refractivity contribution in [2.24, 2.45) is 0 Å². The number of carbonyl (C=O) groups excluding carboxylic acids is 3. The molecule has 0 aromatic rings. The molecule has 432 valence electrons. The Morgan fingerprint density at radius 2 is 0.844 bits per heavy atom. The van der Waals surface area contributed by atoms with Gasteiger partial charge in [-0.05, 0) is 122 Å². The minimum absolute atomic E-state index is 0.0263. The minimum Gasteiger partial charge on any atom is -0.479 e. The Bertz CT molecular complexity index is 1850. The van der Waals surface area contributed by atoms with Gasteiger partial charge < -0.3 is 39.0 Å². The highest BCUT2D eigenvalue weighted by molar-refractivity contribution is 5.74. The third kappa shape index (κ3) is 41.6. The number of carboxylic acids is 1. The van der Waals surface area contributed by atoms with Gasteiger partial charge in [-0.25, -0.2) is 4.79 Å². The van der Waals surface area contributed by atoms with E-state index in [2.05, 4.69) is 142 Å². The summed E-state index contributed by atoms with van der Waals surface area (Å²) in [5.74, 6) is -3.31. The molecule has 12 nitrogen and oxygen atoms in total. The summed E-state index contributed by atoms with van der Waals surface area (Å²) in [6.45, 7) is 5.62. The molecule has 12 heteroatoms. The molecule has 0 aromatic carbocycles. The highest BCUT2D eigenvalue weighted by Gasteiger charge is 2.50. The van der Waals surface area contributed by atoms with Crippen molar-refractivity contribution in [3.05, 3.63) is 134 Å². The Morgan fingerprint density at radius 1 is 0.442 bits per heavy atom. The minimum atomic E-state index is -1.93. The molecule has 3 N–H and O–H groups in total. The molecule has 0 spiro atoms. The maximum absolute atomic E-state index is 13.1. The number of rotatable bonds is 47. The fraction of sp³-hybridized carbons (Fsp3) is 0.600. The number of esters is 3. The Labute approximate surface area is 464 Å². The smallest absolute Gasteiger partial charge is 0.335 e. The molecule has 0 radical (unpaired) electrons. The van der Waals surface area contributed by atoms with Crippen molar-refractivity contribution in [3.8, 4) is 0 Å². The molecular weight excluding hydrogens is 973 g/mol. The molecule has 0 amide bonds.